The molecule has 1 aromatic heterocycles. The van der Waals surface area contributed by atoms with Gasteiger partial charge < -0.3 is 14.8 Å². The first-order valence-corrected chi connectivity index (χ1v) is 10.6. The van der Waals surface area contributed by atoms with E-state index in [-0.39, 0.29) is 42.8 Å². The maximum absolute atomic E-state index is 13.3. The number of amides is 2. The summed E-state index contributed by atoms with van der Waals surface area (Å²) >= 11 is 0. The third kappa shape index (κ3) is 5.20. The van der Waals surface area contributed by atoms with Gasteiger partial charge in [0.25, 0.3) is 5.91 Å². The van der Waals surface area contributed by atoms with E-state index in [4.69, 9.17) is 9.47 Å². The van der Waals surface area contributed by atoms with Crippen LogP contribution in [0, 0.1) is 5.82 Å². The van der Waals surface area contributed by atoms with E-state index in [9.17, 15) is 18.8 Å². The summed E-state index contributed by atoms with van der Waals surface area (Å²) in [6.45, 7) is 1.35. The Hall–Kier alpha value is -4.27. The Balaban J connectivity index is 1.49. The zero-order chi connectivity index (χ0) is 24.1. The molecule has 0 saturated carbocycles. The highest BCUT2D eigenvalue weighted by atomic mass is 19.1. The maximum atomic E-state index is 13.3. The molecule has 3 aromatic rings. The third-order valence-electron chi connectivity index (χ3n) is 5.31. The monoisotopic (exact) mass is 463 g/mol. The third-order valence-corrected chi connectivity index (χ3v) is 5.31. The van der Waals surface area contributed by atoms with Crippen molar-refractivity contribution >= 4 is 23.3 Å². The number of Topliss-reactive ketones (excluding diaryl/α,β-unsaturated/α-hetero) is 1. The van der Waals surface area contributed by atoms with Crippen LogP contribution in [0.4, 0.5) is 10.1 Å². The van der Waals surface area contributed by atoms with Crippen molar-refractivity contribution in [1.29, 1.82) is 0 Å². The smallest absolute Gasteiger partial charge is 0.265 e. The minimum Gasteiger partial charge on any atom is -0.485 e. The van der Waals surface area contributed by atoms with Gasteiger partial charge in [-0.3, -0.25) is 24.3 Å². The van der Waals surface area contributed by atoms with Crippen LogP contribution < -0.4 is 19.7 Å². The number of rotatable bonds is 8. The Kier molecular flexibility index (Phi) is 6.82. The molecule has 9 heteroatoms. The molecule has 8 nitrogen and oxygen atoms in total. The summed E-state index contributed by atoms with van der Waals surface area (Å²) in [5, 5.41) is 2.81. The van der Waals surface area contributed by atoms with Crippen LogP contribution in [0.25, 0.3) is 0 Å². The first kappa shape index (κ1) is 22.9. The molecular formula is C25H22FN3O5. The topological polar surface area (TPSA) is 97.8 Å². The maximum Gasteiger partial charge on any atom is 0.265 e. The fraction of sp³-hybridized carbons (Fsp3) is 0.200. The van der Waals surface area contributed by atoms with E-state index in [2.05, 4.69) is 10.3 Å². The molecule has 1 atom stereocenters. The van der Waals surface area contributed by atoms with Crippen LogP contribution in [-0.4, -0.2) is 41.8 Å². The standard InChI is InChI=1S/C25H22FN3O5/c1-16(25(32)28-13-17-7-9-27-10-8-17)29-21-11-18(5-6-23(21)34-15-24(29)31)22(30)14-33-20-4-2-3-19(26)12-20/h2-12,16H,13-15H2,1H3,(H,28,32)/t16-/m1/s1. The van der Waals surface area contributed by atoms with Gasteiger partial charge >= 0.3 is 0 Å². The van der Waals surface area contributed by atoms with Gasteiger partial charge in [-0.25, -0.2) is 4.39 Å². The van der Waals surface area contributed by atoms with Gasteiger partial charge in [-0.15, -0.1) is 0 Å². The summed E-state index contributed by atoms with van der Waals surface area (Å²) in [6, 6.07) is 12.8. The van der Waals surface area contributed by atoms with E-state index in [1.54, 1.807) is 49.6 Å². The van der Waals surface area contributed by atoms with Gasteiger partial charge in [0.1, 0.15) is 23.4 Å². The number of fused-ring (bicyclic) bond motifs is 1. The van der Waals surface area contributed by atoms with Crippen LogP contribution in [0.5, 0.6) is 11.5 Å². The van der Waals surface area contributed by atoms with Crippen LogP contribution in [0.1, 0.15) is 22.8 Å². The lowest BCUT2D eigenvalue weighted by molar-refractivity contribution is -0.127. The molecule has 4 rings (SSSR count). The second-order valence-electron chi connectivity index (χ2n) is 7.65. The summed E-state index contributed by atoms with van der Waals surface area (Å²) in [6.07, 6.45) is 3.26. The highest BCUT2D eigenvalue weighted by Gasteiger charge is 2.33. The number of benzene rings is 2. The lowest BCUT2D eigenvalue weighted by Crippen LogP contribution is -2.51. The first-order chi connectivity index (χ1) is 16.4. The van der Waals surface area contributed by atoms with Crippen molar-refractivity contribution in [2.45, 2.75) is 19.5 Å². The quantitative estimate of drug-likeness (QED) is 0.516. The zero-order valence-corrected chi connectivity index (χ0v) is 18.4. The number of hydrogen-bond acceptors (Lipinski definition) is 6. The molecule has 0 unspecified atom stereocenters. The number of nitrogens with one attached hydrogen (secondary N) is 1. The lowest BCUT2D eigenvalue weighted by atomic mass is 10.1. The normalized spacial score (nSPS) is 13.5. The lowest BCUT2D eigenvalue weighted by Gasteiger charge is -2.33. The Morgan fingerprint density at radius 2 is 1.97 bits per heavy atom. The van der Waals surface area contributed by atoms with Gasteiger partial charge in [-0.05, 0) is 55.0 Å². The number of halogens is 1. The molecule has 1 N–H and O–H groups in total. The van der Waals surface area contributed by atoms with Gasteiger partial charge in [0.05, 0.1) is 5.69 Å². The second kappa shape index (κ2) is 10.1. The van der Waals surface area contributed by atoms with Crippen molar-refractivity contribution < 1.29 is 28.2 Å². The Labute approximate surface area is 195 Å². The summed E-state index contributed by atoms with van der Waals surface area (Å²) in [5.74, 6) is -0.994. The molecule has 0 fully saturated rings. The second-order valence-corrected chi connectivity index (χ2v) is 7.65. The van der Waals surface area contributed by atoms with E-state index in [0.717, 1.165) is 5.56 Å². The molecule has 2 amide bonds. The molecule has 0 spiro atoms. The predicted octanol–water partition coefficient (Wildman–Crippen LogP) is 2.91. The SMILES string of the molecule is C[C@H](C(=O)NCc1ccncc1)N1C(=O)COc2ccc(C(=O)COc3cccc(F)c3)cc21. The average Bonchev–Trinajstić information content (AvgIpc) is 2.85. The molecule has 1 aliphatic heterocycles. The van der Waals surface area contributed by atoms with Crippen molar-refractivity contribution in [3.05, 3.63) is 83.9 Å². The van der Waals surface area contributed by atoms with Gasteiger partial charge in [-0.2, -0.15) is 0 Å². The number of carbonyl (C=O) groups is 3. The van der Waals surface area contributed by atoms with Gasteiger partial charge in [0, 0.05) is 30.6 Å². The molecule has 0 bridgehead atoms. The predicted molar refractivity (Wildman–Crippen MR) is 121 cm³/mol. The van der Waals surface area contributed by atoms with Gasteiger partial charge in [0.15, 0.2) is 19.0 Å². The first-order valence-electron chi connectivity index (χ1n) is 10.6. The van der Waals surface area contributed by atoms with Crippen LogP contribution in [-0.2, 0) is 16.1 Å². The number of aromatic nitrogens is 1. The van der Waals surface area contributed by atoms with Crippen molar-refractivity contribution in [3.63, 3.8) is 0 Å². The van der Waals surface area contributed by atoms with Gasteiger partial charge in [0.2, 0.25) is 5.91 Å². The molecule has 34 heavy (non-hydrogen) atoms. The van der Waals surface area contributed by atoms with Crippen LogP contribution in [0.2, 0.25) is 0 Å². The minimum absolute atomic E-state index is 0.217. The van der Waals surface area contributed by atoms with Crippen LogP contribution in [0.3, 0.4) is 0 Å². The molecule has 2 heterocycles. The van der Waals surface area contributed by atoms with Crippen LogP contribution in [0.15, 0.2) is 67.0 Å². The van der Waals surface area contributed by atoms with Crippen molar-refractivity contribution in [2.24, 2.45) is 0 Å². The van der Waals surface area contributed by atoms with Crippen molar-refractivity contribution in [1.82, 2.24) is 10.3 Å². The Bertz CT molecular complexity index is 1220. The Morgan fingerprint density at radius 3 is 2.74 bits per heavy atom. The summed E-state index contributed by atoms with van der Waals surface area (Å²) in [5.41, 5.74) is 1.46. The van der Waals surface area contributed by atoms with E-state index in [1.165, 1.54) is 29.2 Å². The Morgan fingerprint density at radius 1 is 1.18 bits per heavy atom. The van der Waals surface area contributed by atoms with E-state index < -0.39 is 17.8 Å². The zero-order valence-electron chi connectivity index (χ0n) is 18.4. The van der Waals surface area contributed by atoms with Crippen molar-refractivity contribution in [2.75, 3.05) is 18.1 Å². The number of hydrogen-bond donors (Lipinski definition) is 1. The molecular weight excluding hydrogens is 441 g/mol. The highest BCUT2D eigenvalue weighted by Crippen LogP contribution is 2.34. The fourth-order valence-corrected chi connectivity index (χ4v) is 3.51. The van der Waals surface area contributed by atoms with E-state index in [1.807, 2.05) is 0 Å². The number of anilines is 1. The molecule has 174 valence electrons. The summed E-state index contributed by atoms with van der Waals surface area (Å²) in [7, 11) is 0. The largest absolute Gasteiger partial charge is 0.485 e. The number of ketones is 1. The summed E-state index contributed by atoms with van der Waals surface area (Å²) < 4.78 is 24.2. The summed E-state index contributed by atoms with van der Waals surface area (Å²) in [4.78, 5) is 43.4. The number of pyridine rings is 1. The van der Waals surface area contributed by atoms with Crippen molar-refractivity contribution in [3.8, 4) is 11.5 Å². The highest BCUT2D eigenvalue weighted by molar-refractivity contribution is 6.05. The minimum atomic E-state index is -0.842. The fourth-order valence-electron chi connectivity index (χ4n) is 3.51. The van der Waals surface area contributed by atoms with Gasteiger partial charge in [-0.1, -0.05) is 6.07 Å². The average molecular weight is 463 g/mol. The molecule has 0 aliphatic carbocycles. The number of ether oxygens (including phenoxy) is 2. The van der Waals surface area contributed by atoms with E-state index in [0.29, 0.717) is 11.4 Å². The molecule has 0 radical (unpaired) electrons. The van der Waals surface area contributed by atoms with Crippen LogP contribution >= 0.6 is 0 Å². The molecule has 1 aliphatic rings. The number of nitrogens with zero attached hydrogens (tertiary/aromatic N) is 2. The van der Waals surface area contributed by atoms with E-state index >= 15 is 0 Å². The molecule has 0 saturated heterocycles. The number of carbonyl (C=O) groups excluding carboxylic acids is 3. The molecule has 2 aromatic carbocycles.